The molecule has 1 aliphatic rings. The van der Waals surface area contributed by atoms with E-state index < -0.39 is 11.9 Å². The van der Waals surface area contributed by atoms with Crippen LogP contribution in [0.4, 0.5) is 5.69 Å². The minimum atomic E-state index is -0.787. The Morgan fingerprint density at radius 1 is 0.969 bits per heavy atom. The lowest BCUT2D eigenvalue weighted by Crippen LogP contribution is -2.48. The van der Waals surface area contributed by atoms with Gasteiger partial charge < -0.3 is 10.0 Å². The molecule has 32 heavy (non-hydrogen) atoms. The van der Waals surface area contributed by atoms with Crippen molar-refractivity contribution in [1.82, 2.24) is 19.2 Å². The molecule has 8 heteroatoms. The van der Waals surface area contributed by atoms with E-state index in [-0.39, 0.29) is 11.7 Å². The van der Waals surface area contributed by atoms with E-state index >= 15 is 0 Å². The van der Waals surface area contributed by atoms with Crippen LogP contribution in [0.1, 0.15) is 31.4 Å². The molecule has 3 aromatic rings. The van der Waals surface area contributed by atoms with E-state index in [1.165, 1.54) is 4.68 Å². The molecular weight excluding hydrogens is 406 g/mol. The molecular formula is C24H29N5O3. The lowest BCUT2D eigenvalue weighted by atomic mass is 9.98. The summed E-state index contributed by atoms with van der Waals surface area (Å²) in [7, 11) is 0. The number of piperazine rings is 1. The predicted octanol–water partition coefficient (Wildman–Crippen LogP) is 2.61. The fourth-order valence-corrected chi connectivity index (χ4v) is 4.13. The number of carboxylic acids is 1. The number of nitrogens with zero attached hydrogens (tertiary/aromatic N) is 5. The van der Waals surface area contributed by atoms with Gasteiger partial charge in [0, 0.05) is 38.4 Å². The summed E-state index contributed by atoms with van der Waals surface area (Å²) in [5.74, 6) is -1.31. The molecule has 1 aliphatic heterocycles. The van der Waals surface area contributed by atoms with Crippen molar-refractivity contribution < 1.29 is 9.90 Å². The fourth-order valence-electron chi connectivity index (χ4n) is 4.13. The number of aliphatic carboxylic acids is 1. The Hall–Kier alpha value is -3.39. The van der Waals surface area contributed by atoms with Gasteiger partial charge in [0.25, 0.3) is 0 Å². The largest absolute Gasteiger partial charge is 0.481 e. The third-order valence-electron chi connectivity index (χ3n) is 5.99. The van der Waals surface area contributed by atoms with Crippen molar-refractivity contribution >= 4 is 11.7 Å². The number of carbonyl (C=O) groups is 1. The Morgan fingerprint density at radius 2 is 1.59 bits per heavy atom. The number of hydrogen-bond acceptors (Lipinski definition) is 5. The first-order chi connectivity index (χ1) is 15.4. The Bertz CT molecular complexity index is 1100. The van der Waals surface area contributed by atoms with Gasteiger partial charge in [-0.1, -0.05) is 30.3 Å². The molecule has 0 saturated carbocycles. The lowest BCUT2D eigenvalue weighted by molar-refractivity contribution is -0.139. The van der Waals surface area contributed by atoms with Crippen LogP contribution in [0.2, 0.25) is 0 Å². The first kappa shape index (κ1) is 21.8. The summed E-state index contributed by atoms with van der Waals surface area (Å²) in [4.78, 5) is 28.8. The summed E-state index contributed by atoms with van der Waals surface area (Å²) in [6, 6.07) is 17.4. The Kier molecular flexibility index (Phi) is 6.41. The van der Waals surface area contributed by atoms with Gasteiger partial charge in [-0.2, -0.15) is 5.10 Å². The minimum Gasteiger partial charge on any atom is -0.481 e. The van der Waals surface area contributed by atoms with Gasteiger partial charge in [-0.25, -0.2) is 14.0 Å². The SMILES string of the molecule is CC(C)n1ncn(-c2ccc(N3CCN(CC(C(=O)O)c4ccccc4)CC3)cc2)c1=O. The number of aromatic nitrogens is 3. The van der Waals surface area contributed by atoms with Crippen LogP contribution < -0.4 is 10.6 Å². The first-order valence-electron chi connectivity index (χ1n) is 11.0. The quantitative estimate of drug-likeness (QED) is 0.614. The average molecular weight is 436 g/mol. The van der Waals surface area contributed by atoms with E-state index in [9.17, 15) is 14.7 Å². The van der Waals surface area contributed by atoms with E-state index in [1.54, 1.807) is 10.9 Å². The molecule has 1 aromatic heterocycles. The van der Waals surface area contributed by atoms with E-state index in [0.29, 0.717) is 6.54 Å². The zero-order chi connectivity index (χ0) is 22.7. The molecule has 1 unspecified atom stereocenters. The van der Waals surface area contributed by atoms with Gasteiger partial charge in [-0.3, -0.25) is 9.69 Å². The molecule has 2 heterocycles. The number of rotatable bonds is 7. The number of anilines is 1. The van der Waals surface area contributed by atoms with Gasteiger partial charge >= 0.3 is 11.7 Å². The maximum atomic E-state index is 12.5. The Morgan fingerprint density at radius 3 is 2.16 bits per heavy atom. The molecule has 0 spiro atoms. The standard InChI is InChI=1S/C24H29N5O3/c1-18(2)29-24(32)28(17-25-29)21-10-8-20(9-11-21)27-14-12-26(13-15-27)16-22(23(30)31)19-6-4-3-5-7-19/h3-11,17-18,22H,12-16H2,1-2H3,(H,30,31). The van der Waals surface area contributed by atoms with Gasteiger partial charge in [0.05, 0.1) is 17.6 Å². The molecule has 0 bridgehead atoms. The van der Waals surface area contributed by atoms with Crippen molar-refractivity contribution in [2.24, 2.45) is 0 Å². The van der Waals surface area contributed by atoms with Crippen LogP contribution in [-0.2, 0) is 4.79 Å². The molecule has 1 saturated heterocycles. The van der Waals surface area contributed by atoms with Crippen molar-refractivity contribution in [1.29, 1.82) is 0 Å². The first-order valence-corrected chi connectivity index (χ1v) is 11.0. The zero-order valence-electron chi connectivity index (χ0n) is 18.5. The van der Waals surface area contributed by atoms with Crippen LogP contribution >= 0.6 is 0 Å². The normalized spacial score (nSPS) is 15.8. The van der Waals surface area contributed by atoms with Crippen LogP contribution in [0.5, 0.6) is 0 Å². The molecule has 0 amide bonds. The maximum Gasteiger partial charge on any atom is 0.350 e. The van der Waals surface area contributed by atoms with Crippen molar-refractivity contribution in [2.45, 2.75) is 25.8 Å². The third-order valence-corrected chi connectivity index (χ3v) is 5.99. The highest BCUT2D eigenvalue weighted by molar-refractivity contribution is 5.76. The zero-order valence-corrected chi connectivity index (χ0v) is 18.5. The molecule has 2 aromatic carbocycles. The topological polar surface area (TPSA) is 83.6 Å². The van der Waals surface area contributed by atoms with Gasteiger partial charge in [-0.05, 0) is 43.7 Å². The molecule has 0 aliphatic carbocycles. The van der Waals surface area contributed by atoms with E-state index in [2.05, 4.69) is 14.9 Å². The Balaban J connectivity index is 1.38. The molecule has 0 radical (unpaired) electrons. The summed E-state index contributed by atoms with van der Waals surface area (Å²) < 4.78 is 3.02. The molecule has 1 N–H and O–H groups in total. The van der Waals surface area contributed by atoms with Gasteiger partial charge in [0.2, 0.25) is 0 Å². The van der Waals surface area contributed by atoms with Crippen LogP contribution in [0.25, 0.3) is 5.69 Å². The lowest BCUT2D eigenvalue weighted by Gasteiger charge is -2.37. The van der Waals surface area contributed by atoms with Crippen molar-refractivity contribution in [3.8, 4) is 5.69 Å². The van der Waals surface area contributed by atoms with Crippen molar-refractivity contribution in [3.05, 3.63) is 77.0 Å². The molecule has 8 nitrogen and oxygen atoms in total. The third kappa shape index (κ3) is 4.60. The van der Waals surface area contributed by atoms with Crippen LogP contribution in [0.3, 0.4) is 0 Å². The minimum absolute atomic E-state index is 0.0157. The van der Waals surface area contributed by atoms with Crippen LogP contribution in [0, 0.1) is 0 Å². The highest BCUT2D eigenvalue weighted by Gasteiger charge is 2.25. The summed E-state index contributed by atoms with van der Waals surface area (Å²) in [6.07, 6.45) is 1.56. The van der Waals surface area contributed by atoms with Gasteiger partial charge in [0.1, 0.15) is 6.33 Å². The molecule has 1 fully saturated rings. The second kappa shape index (κ2) is 9.40. The summed E-state index contributed by atoms with van der Waals surface area (Å²) in [5.41, 5.74) is 2.58. The second-order valence-corrected chi connectivity index (χ2v) is 8.43. The highest BCUT2D eigenvalue weighted by Crippen LogP contribution is 2.22. The van der Waals surface area contributed by atoms with E-state index in [0.717, 1.165) is 43.1 Å². The number of hydrogen-bond donors (Lipinski definition) is 1. The number of benzene rings is 2. The molecule has 1 atom stereocenters. The van der Waals surface area contributed by atoms with Crippen LogP contribution in [-0.4, -0.2) is 63.0 Å². The number of carboxylic acid groups (broad SMARTS) is 1. The Labute approximate surface area is 187 Å². The highest BCUT2D eigenvalue weighted by atomic mass is 16.4. The van der Waals surface area contributed by atoms with Gasteiger partial charge in [-0.15, -0.1) is 0 Å². The summed E-state index contributed by atoms with van der Waals surface area (Å²) in [6.45, 7) is 7.63. The van der Waals surface area contributed by atoms with E-state index in [4.69, 9.17) is 0 Å². The average Bonchev–Trinajstić information content (AvgIpc) is 3.20. The molecule has 4 rings (SSSR count). The predicted molar refractivity (Wildman–Crippen MR) is 124 cm³/mol. The second-order valence-electron chi connectivity index (χ2n) is 8.43. The van der Waals surface area contributed by atoms with E-state index in [1.807, 2.05) is 68.4 Å². The summed E-state index contributed by atoms with van der Waals surface area (Å²) in [5, 5.41) is 13.9. The van der Waals surface area contributed by atoms with Crippen molar-refractivity contribution in [3.63, 3.8) is 0 Å². The smallest absolute Gasteiger partial charge is 0.350 e. The monoisotopic (exact) mass is 435 g/mol. The van der Waals surface area contributed by atoms with Crippen LogP contribution in [0.15, 0.2) is 65.7 Å². The maximum absolute atomic E-state index is 12.5. The summed E-state index contributed by atoms with van der Waals surface area (Å²) >= 11 is 0. The van der Waals surface area contributed by atoms with Crippen molar-refractivity contribution in [2.75, 3.05) is 37.6 Å². The van der Waals surface area contributed by atoms with Gasteiger partial charge in [0.15, 0.2) is 0 Å². The fraction of sp³-hybridized carbons (Fsp3) is 0.375. The molecule has 168 valence electrons.